The highest BCUT2D eigenvalue weighted by Gasteiger charge is 2.37. The topological polar surface area (TPSA) is 118 Å². The van der Waals surface area contributed by atoms with Crippen molar-refractivity contribution in [2.75, 3.05) is 5.73 Å². The number of nitrogens with zero attached hydrogens (tertiary/aromatic N) is 4. The summed E-state index contributed by atoms with van der Waals surface area (Å²) < 4.78 is 1.55. The van der Waals surface area contributed by atoms with E-state index in [1.54, 1.807) is 23.8 Å². The lowest BCUT2D eigenvalue weighted by Gasteiger charge is -2.30. The van der Waals surface area contributed by atoms with Crippen molar-refractivity contribution >= 4 is 28.6 Å². The molecular formula is C19H22N6O2S. The first kappa shape index (κ1) is 17.7. The van der Waals surface area contributed by atoms with Gasteiger partial charge in [0.15, 0.2) is 11.4 Å². The first-order chi connectivity index (χ1) is 13.5. The molecule has 0 saturated carbocycles. The third-order valence-corrected chi connectivity index (χ3v) is 6.89. The molecule has 3 aromatic heterocycles. The van der Waals surface area contributed by atoms with Crippen LogP contribution in [0, 0.1) is 0 Å². The van der Waals surface area contributed by atoms with Crippen LogP contribution in [0.2, 0.25) is 0 Å². The number of hydrogen-bond acceptors (Lipinski definition) is 8. The Morgan fingerprint density at radius 1 is 1.36 bits per heavy atom. The van der Waals surface area contributed by atoms with Crippen molar-refractivity contribution in [1.82, 2.24) is 24.9 Å². The zero-order valence-electron chi connectivity index (χ0n) is 15.6. The highest BCUT2D eigenvalue weighted by Crippen LogP contribution is 2.40. The highest BCUT2D eigenvalue weighted by atomic mass is 32.1. The van der Waals surface area contributed by atoms with Gasteiger partial charge in [0, 0.05) is 24.2 Å². The average molecular weight is 398 g/mol. The van der Waals surface area contributed by atoms with E-state index in [1.165, 1.54) is 24.2 Å². The number of hydrogen-bond donors (Lipinski definition) is 3. The van der Waals surface area contributed by atoms with Crippen LogP contribution in [0.4, 0.5) is 5.82 Å². The number of rotatable bonds is 4. The lowest BCUT2D eigenvalue weighted by Crippen LogP contribution is -2.38. The predicted molar refractivity (Wildman–Crippen MR) is 106 cm³/mol. The number of aromatic nitrogens is 4. The molecule has 2 fully saturated rings. The second-order valence-corrected chi connectivity index (χ2v) is 8.80. The van der Waals surface area contributed by atoms with Crippen LogP contribution in [-0.2, 0) is 6.61 Å². The summed E-state index contributed by atoms with van der Waals surface area (Å²) in [6, 6.07) is 0.974. The Labute approximate surface area is 165 Å². The molecule has 0 amide bonds. The van der Waals surface area contributed by atoms with E-state index >= 15 is 0 Å². The Bertz CT molecular complexity index is 1060. The molecule has 9 heteroatoms. The van der Waals surface area contributed by atoms with E-state index in [-0.39, 0.29) is 18.3 Å². The zero-order chi connectivity index (χ0) is 19.4. The maximum absolute atomic E-state index is 12.5. The van der Waals surface area contributed by atoms with Crippen LogP contribution < -0.4 is 11.1 Å². The maximum atomic E-state index is 12.5. The van der Waals surface area contributed by atoms with Gasteiger partial charge >= 0.3 is 0 Å². The molecule has 2 saturated heterocycles. The number of anilines is 1. The van der Waals surface area contributed by atoms with E-state index in [2.05, 4.69) is 15.4 Å². The van der Waals surface area contributed by atoms with Crippen LogP contribution in [0.25, 0.3) is 16.1 Å². The van der Waals surface area contributed by atoms with Gasteiger partial charge in [-0.1, -0.05) is 0 Å². The van der Waals surface area contributed by atoms with Gasteiger partial charge in [0.2, 0.25) is 0 Å². The Kier molecular flexibility index (Phi) is 4.18. The average Bonchev–Trinajstić information content (AvgIpc) is 3.39. The summed E-state index contributed by atoms with van der Waals surface area (Å²) in [4.78, 5) is 22.5. The van der Waals surface area contributed by atoms with E-state index in [0.717, 1.165) is 29.0 Å². The molecule has 5 heterocycles. The summed E-state index contributed by atoms with van der Waals surface area (Å²) in [5, 5.41) is 18.0. The molecule has 0 aliphatic carbocycles. The van der Waals surface area contributed by atoms with E-state index in [1.807, 2.05) is 0 Å². The number of nitrogens with two attached hydrogens (primary N) is 1. The smallest absolute Gasteiger partial charge is 0.166 e. The number of aliphatic hydroxyl groups is 1. The molecule has 146 valence electrons. The largest absolute Gasteiger partial charge is 0.389 e. The summed E-state index contributed by atoms with van der Waals surface area (Å²) in [6.07, 6.45) is 7.71. The van der Waals surface area contributed by atoms with Gasteiger partial charge in [-0.3, -0.25) is 4.79 Å². The normalized spacial score (nSPS) is 24.1. The Hall–Kier alpha value is -2.36. The molecule has 8 nitrogen and oxygen atoms in total. The molecule has 28 heavy (non-hydrogen) atoms. The van der Waals surface area contributed by atoms with Crippen LogP contribution in [0.15, 0.2) is 12.4 Å². The van der Waals surface area contributed by atoms with Crippen molar-refractivity contribution in [2.45, 2.75) is 57.2 Å². The number of ketones is 1. The van der Waals surface area contributed by atoms with Crippen molar-refractivity contribution in [3.63, 3.8) is 0 Å². The fourth-order valence-corrected chi connectivity index (χ4v) is 5.43. The van der Waals surface area contributed by atoms with Crippen LogP contribution in [0.3, 0.4) is 0 Å². The molecule has 2 aliphatic rings. The van der Waals surface area contributed by atoms with Crippen LogP contribution >= 0.6 is 11.3 Å². The Balaban J connectivity index is 1.68. The van der Waals surface area contributed by atoms with Gasteiger partial charge in [-0.05, 0) is 32.6 Å². The van der Waals surface area contributed by atoms with Gasteiger partial charge < -0.3 is 16.2 Å². The molecule has 0 aromatic carbocycles. The maximum Gasteiger partial charge on any atom is 0.166 e. The summed E-state index contributed by atoms with van der Waals surface area (Å²) in [5.74, 6) is 0.476. The van der Waals surface area contributed by atoms with E-state index in [9.17, 15) is 9.90 Å². The van der Waals surface area contributed by atoms with E-state index < -0.39 is 0 Å². The summed E-state index contributed by atoms with van der Waals surface area (Å²) >= 11 is 1.40. The van der Waals surface area contributed by atoms with E-state index in [0.29, 0.717) is 34.1 Å². The number of thiazole rings is 1. The predicted octanol–water partition coefficient (Wildman–Crippen LogP) is 2.13. The lowest BCUT2D eigenvalue weighted by atomic mass is 9.86. The van der Waals surface area contributed by atoms with Crippen molar-refractivity contribution in [3.8, 4) is 10.4 Å². The van der Waals surface area contributed by atoms with Gasteiger partial charge in [0.25, 0.3) is 0 Å². The molecule has 0 radical (unpaired) electrons. The third kappa shape index (κ3) is 2.73. The van der Waals surface area contributed by atoms with Gasteiger partial charge in [-0.15, -0.1) is 11.3 Å². The number of piperidine rings is 1. The Morgan fingerprint density at radius 3 is 2.75 bits per heavy atom. The molecule has 3 aromatic rings. The molecule has 5 rings (SSSR count). The second kappa shape index (κ2) is 6.61. The number of nitrogen functional groups attached to an aromatic ring is 1. The molecule has 2 aliphatic heterocycles. The summed E-state index contributed by atoms with van der Waals surface area (Å²) in [5.41, 5.74) is 9.15. The summed E-state index contributed by atoms with van der Waals surface area (Å²) in [6.45, 7) is 1.44. The molecule has 3 atom stereocenters. The van der Waals surface area contributed by atoms with Crippen molar-refractivity contribution in [1.29, 1.82) is 0 Å². The zero-order valence-corrected chi connectivity index (χ0v) is 16.4. The number of carbonyl (C=O) groups is 1. The Morgan fingerprint density at radius 2 is 2.11 bits per heavy atom. The molecular weight excluding hydrogens is 376 g/mol. The number of carbonyl (C=O) groups excluding carboxylic acids is 1. The van der Waals surface area contributed by atoms with Crippen LogP contribution in [-0.4, -0.2) is 42.6 Å². The molecule has 2 bridgehead atoms. The van der Waals surface area contributed by atoms with Gasteiger partial charge in [0.1, 0.15) is 10.8 Å². The van der Waals surface area contributed by atoms with Crippen LogP contribution in [0.1, 0.15) is 59.6 Å². The van der Waals surface area contributed by atoms with Gasteiger partial charge in [0.05, 0.1) is 34.5 Å². The minimum absolute atomic E-state index is 0.0785. The van der Waals surface area contributed by atoms with Gasteiger partial charge in [-0.25, -0.2) is 9.97 Å². The third-order valence-electron chi connectivity index (χ3n) is 5.88. The van der Waals surface area contributed by atoms with E-state index in [4.69, 9.17) is 10.7 Å². The number of fused-ring (bicyclic) bond motifs is 3. The second-order valence-electron chi connectivity index (χ2n) is 7.69. The fourth-order valence-electron chi connectivity index (χ4n) is 4.65. The number of aliphatic hydroxyl groups excluding tert-OH is 1. The van der Waals surface area contributed by atoms with Crippen molar-refractivity contribution in [2.24, 2.45) is 0 Å². The SMILES string of the molecule is CC(=O)c1c([C@@H]2C[C@H]3CC[C@@H](C2)N3)nc2c(-c3cnc(CO)s3)cnn2c1N. The van der Waals surface area contributed by atoms with Crippen molar-refractivity contribution in [3.05, 3.63) is 28.7 Å². The molecule has 0 spiro atoms. The minimum Gasteiger partial charge on any atom is -0.389 e. The molecule has 4 N–H and O–H groups in total. The monoisotopic (exact) mass is 398 g/mol. The minimum atomic E-state index is -0.100. The van der Waals surface area contributed by atoms with Crippen molar-refractivity contribution < 1.29 is 9.90 Å². The fraction of sp³-hybridized carbons (Fsp3) is 0.474. The first-order valence-corrected chi connectivity index (χ1v) is 10.4. The lowest BCUT2D eigenvalue weighted by molar-refractivity contribution is 0.101. The highest BCUT2D eigenvalue weighted by molar-refractivity contribution is 7.15. The quantitative estimate of drug-likeness (QED) is 0.576. The number of nitrogens with one attached hydrogen (secondary N) is 1. The number of Topliss-reactive ketones (excluding diaryl/α,β-unsaturated/α-hetero) is 1. The standard InChI is InChI=1S/C19H22N6O2S/c1-9(27)16-17(10-4-11-2-3-12(5-10)23-11)24-19-13(6-22-25(19)18(16)20)14-7-21-15(8-26)28-14/h6-7,10-12,23,26H,2-5,8,20H2,1H3/t10-,11-,12+. The molecule has 0 unspecified atom stereocenters. The van der Waals surface area contributed by atoms with Gasteiger partial charge in [-0.2, -0.15) is 9.61 Å². The summed E-state index contributed by atoms with van der Waals surface area (Å²) in [7, 11) is 0. The first-order valence-electron chi connectivity index (χ1n) is 9.55. The van der Waals surface area contributed by atoms with Crippen LogP contribution in [0.5, 0.6) is 0 Å².